The molecule has 0 radical (unpaired) electrons. The summed E-state index contributed by atoms with van der Waals surface area (Å²) >= 11 is 0. The van der Waals surface area contributed by atoms with Crippen molar-refractivity contribution in [2.24, 2.45) is 5.92 Å². The van der Waals surface area contributed by atoms with Crippen LogP contribution in [0.15, 0.2) is 59.5 Å². The number of hydrogen-bond acceptors (Lipinski definition) is 5. The van der Waals surface area contributed by atoms with Crippen LogP contribution in [0.5, 0.6) is 5.88 Å². The van der Waals surface area contributed by atoms with E-state index < -0.39 is 10.0 Å². The maximum Gasteiger partial charge on any atom is 0.262 e. The Bertz CT molecular complexity index is 1080. The van der Waals surface area contributed by atoms with Crippen LogP contribution in [0, 0.1) is 19.8 Å². The van der Waals surface area contributed by atoms with E-state index in [2.05, 4.69) is 28.8 Å². The molecule has 0 bridgehead atoms. The molecular weight excluding hydrogens is 386 g/mol. The Morgan fingerprint density at radius 1 is 0.966 bits per heavy atom. The molecule has 3 rings (SSSR count). The first-order valence-electron chi connectivity index (χ1n) is 9.41. The van der Waals surface area contributed by atoms with Gasteiger partial charge in [-0.3, -0.25) is 4.72 Å². The molecule has 6 nitrogen and oxygen atoms in total. The van der Waals surface area contributed by atoms with Crippen molar-refractivity contribution in [1.82, 2.24) is 10.2 Å². The van der Waals surface area contributed by atoms with Gasteiger partial charge in [-0.25, -0.2) is 8.42 Å². The third-order valence-electron chi connectivity index (χ3n) is 4.26. The average molecular weight is 412 g/mol. The molecule has 0 saturated heterocycles. The summed E-state index contributed by atoms with van der Waals surface area (Å²) in [4.78, 5) is 0.273. The number of rotatable bonds is 7. The smallest absolute Gasteiger partial charge is 0.262 e. The van der Waals surface area contributed by atoms with E-state index >= 15 is 0 Å². The highest BCUT2D eigenvalue weighted by molar-refractivity contribution is 7.92. The molecule has 1 aromatic heterocycles. The van der Waals surface area contributed by atoms with Gasteiger partial charge in [0.05, 0.1) is 17.2 Å². The van der Waals surface area contributed by atoms with Crippen molar-refractivity contribution in [3.63, 3.8) is 0 Å². The normalized spacial score (nSPS) is 11.5. The van der Waals surface area contributed by atoms with E-state index in [0.717, 1.165) is 11.1 Å². The highest BCUT2D eigenvalue weighted by Crippen LogP contribution is 2.23. The largest absolute Gasteiger partial charge is 0.476 e. The summed E-state index contributed by atoms with van der Waals surface area (Å²) in [5.41, 5.74) is 3.74. The van der Waals surface area contributed by atoms with Crippen LogP contribution in [0.4, 0.5) is 5.69 Å². The minimum absolute atomic E-state index is 0.273. The van der Waals surface area contributed by atoms with Crippen molar-refractivity contribution in [2.75, 3.05) is 11.3 Å². The fourth-order valence-electron chi connectivity index (χ4n) is 2.82. The zero-order chi connectivity index (χ0) is 21.0. The minimum Gasteiger partial charge on any atom is -0.476 e. The van der Waals surface area contributed by atoms with Gasteiger partial charge in [-0.1, -0.05) is 43.7 Å². The number of aromatic nitrogens is 2. The molecular formula is C22H25N3O3S. The molecule has 2 aromatic carbocycles. The van der Waals surface area contributed by atoms with Gasteiger partial charge < -0.3 is 4.74 Å². The Morgan fingerprint density at radius 2 is 1.69 bits per heavy atom. The number of aryl methyl sites for hydroxylation is 2. The first-order chi connectivity index (χ1) is 13.7. The summed E-state index contributed by atoms with van der Waals surface area (Å²) in [7, 11) is -3.65. The monoisotopic (exact) mass is 411 g/mol. The van der Waals surface area contributed by atoms with Crippen molar-refractivity contribution in [3.8, 4) is 17.1 Å². The molecule has 0 amide bonds. The summed E-state index contributed by atoms with van der Waals surface area (Å²) in [6.45, 7) is 8.44. The van der Waals surface area contributed by atoms with E-state index in [0.29, 0.717) is 35.3 Å². The second-order valence-corrected chi connectivity index (χ2v) is 9.06. The molecule has 7 heteroatoms. The maximum absolute atomic E-state index is 12.7. The zero-order valence-corrected chi connectivity index (χ0v) is 17.8. The fraction of sp³-hybridized carbons (Fsp3) is 0.273. The summed E-state index contributed by atoms with van der Waals surface area (Å²) in [5, 5.41) is 8.27. The van der Waals surface area contributed by atoms with E-state index in [1.54, 1.807) is 49.4 Å². The number of anilines is 1. The number of hydrogen-bond donors (Lipinski definition) is 1. The fourth-order valence-corrected chi connectivity index (χ4v) is 4.11. The Morgan fingerprint density at radius 3 is 2.28 bits per heavy atom. The van der Waals surface area contributed by atoms with Crippen LogP contribution in [-0.4, -0.2) is 25.2 Å². The highest BCUT2D eigenvalue weighted by Gasteiger charge is 2.17. The van der Waals surface area contributed by atoms with Crippen LogP contribution >= 0.6 is 0 Å². The Labute approximate surface area is 172 Å². The van der Waals surface area contributed by atoms with Crippen molar-refractivity contribution in [1.29, 1.82) is 0 Å². The van der Waals surface area contributed by atoms with Gasteiger partial charge in [-0.05, 0) is 49.6 Å². The lowest BCUT2D eigenvalue weighted by Gasteiger charge is -2.11. The van der Waals surface area contributed by atoms with Gasteiger partial charge >= 0.3 is 0 Å². The molecule has 0 aliphatic heterocycles. The van der Waals surface area contributed by atoms with Crippen LogP contribution in [0.25, 0.3) is 11.3 Å². The van der Waals surface area contributed by atoms with Gasteiger partial charge in [0.2, 0.25) is 5.88 Å². The molecule has 0 spiro atoms. The molecule has 0 aliphatic rings. The third kappa shape index (κ3) is 5.32. The van der Waals surface area contributed by atoms with E-state index in [9.17, 15) is 8.42 Å². The average Bonchev–Trinajstić information content (AvgIpc) is 2.67. The molecule has 1 heterocycles. The van der Waals surface area contributed by atoms with Crippen molar-refractivity contribution >= 4 is 15.7 Å². The lowest BCUT2D eigenvalue weighted by Crippen LogP contribution is -2.14. The number of ether oxygens (including phenoxy) is 1. The van der Waals surface area contributed by atoms with Crippen molar-refractivity contribution in [3.05, 3.63) is 65.7 Å². The predicted molar refractivity (Wildman–Crippen MR) is 115 cm³/mol. The SMILES string of the molecule is Cc1ccc(S(=O)(=O)Nc2ccc(-c3ccc(OCC(C)C)nn3)cc2)c(C)c1. The van der Waals surface area contributed by atoms with Crippen LogP contribution in [0.1, 0.15) is 25.0 Å². The van der Waals surface area contributed by atoms with Crippen LogP contribution in [0.2, 0.25) is 0 Å². The van der Waals surface area contributed by atoms with E-state index in [1.807, 2.05) is 19.1 Å². The number of nitrogens with one attached hydrogen (secondary N) is 1. The zero-order valence-electron chi connectivity index (χ0n) is 17.0. The van der Waals surface area contributed by atoms with Crippen LogP contribution < -0.4 is 9.46 Å². The summed E-state index contributed by atoms with van der Waals surface area (Å²) < 4.78 is 33.5. The Balaban J connectivity index is 1.73. The number of benzene rings is 2. The molecule has 3 aromatic rings. The summed E-state index contributed by atoms with van der Waals surface area (Å²) in [6, 6.07) is 15.9. The number of sulfonamides is 1. The first-order valence-corrected chi connectivity index (χ1v) is 10.9. The van der Waals surface area contributed by atoms with Crippen molar-refractivity contribution in [2.45, 2.75) is 32.6 Å². The molecule has 0 saturated carbocycles. The van der Waals surface area contributed by atoms with Gasteiger partial charge in [-0.15, -0.1) is 10.2 Å². The lowest BCUT2D eigenvalue weighted by molar-refractivity contribution is 0.258. The molecule has 1 N–H and O–H groups in total. The molecule has 0 unspecified atom stereocenters. The molecule has 29 heavy (non-hydrogen) atoms. The third-order valence-corrected chi connectivity index (χ3v) is 5.80. The standard InChI is InChI=1S/C22H25N3O3S/c1-15(2)14-28-22-12-10-20(23-24-22)18-6-8-19(9-7-18)25-29(26,27)21-11-5-16(3)13-17(21)4/h5-13,15,25H,14H2,1-4H3. The number of nitrogens with zero attached hydrogens (tertiary/aromatic N) is 2. The summed E-state index contributed by atoms with van der Waals surface area (Å²) in [6.07, 6.45) is 0. The Kier molecular flexibility index (Phi) is 6.17. The lowest BCUT2D eigenvalue weighted by atomic mass is 10.1. The van der Waals surface area contributed by atoms with Crippen molar-refractivity contribution < 1.29 is 13.2 Å². The summed E-state index contributed by atoms with van der Waals surface area (Å²) in [5.74, 6) is 0.900. The molecule has 0 atom stereocenters. The van der Waals surface area contributed by atoms with E-state index in [-0.39, 0.29) is 4.90 Å². The topological polar surface area (TPSA) is 81.2 Å². The van der Waals surface area contributed by atoms with Gasteiger partial charge in [0.15, 0.2) is 0 Å². The second kappa shape index (κ2) is 8.61. The molecule has 0 aliphatic carbocycles. The van der Waals surface area contributed by atoms with Gasteiger partial charge in [-0.2, -0.15) is 0 Å². The Hall–Kier alpha value is -2.93. The van der Waals surface area contributed by atoms with Crippen LogP contribution in [-0.2, 0) is 10.0 Å². The van der Waals surface area contributed by atoms with E-state index in [4.69, 9.17) is 4.74 Å². The quantitative estimate of drug-likeness (QED) is 0.615. The second-order valence-electron chi connectivity index (χ2n) is 7.41. The van der Waals surface area contributed by atoms with Gasteiger partial charge in [0, 0.05) is 17.3 Å². The predicted octanol–water partition coefficient (Wildman–Crippen LogP) is 4.60. The molecule has 152 valence electrons. The van der Waals surface area contributed by atoms with Gasteiger partial charge in [0.1, 0.15) is 0 Å². The minimum atomic E-state index is -3.65. The van der Waals surface area contributed by atoms with Crippen LogP contribution in [0.3, 0.4) is 0 Å². The first kappa shape index (κ1) is 20.8. The van der Waals surface area contributed by atoms with E-state index in [1.165, 1.54) is 0 Å². The molecule has 0 fully saturated rings. The maximum atomic E-state index is 12.7. The van der Waals surface area contributed by atoms with Gasteiger partial charge in [0.25, 0.3) is 10.0 Å². The highest BCUT2D eigenvalue weighted by atomic mass is 32.2.